The van der Waals surface area contributed by atoms with E-state index in [2.05, 4.69) is 15.1 Å². The molecule has 2 aromatic heterocycles. The van der Waals surface area contributed by atoms with Crippen molar-refractivity contribution in [3.8, 4) is 0 Å². The third-order valence-corrected chi connectivity index (χ3v) is 8.23. The van der Waals surface area contributed by atoms with Gasteiger partial charge in [-0.1, -0.05) is 59.2 Å². The fraction of sp³-hybridized carbons (Fsp3) is 0.174. The third kappa shape index (κ3) is 5.50. The minimum atomic E-state index is -1.72. The van der Waals surface area contributed by atoms with E-state index in [9.17, 15) is 13.9 Å². The Bertz CT molecular complexity index is 1320. The predicted octanol–water partition coefficient (Wildman–Crippen LogP) is 6.56. The lowest BCUT2D eigenvalue weighted by Gasteiger charge is -2.34. The van der Waals surface area contributed by atoms with Gasteiger partial charge in [0.05, 0.1) is 22.3 Å². The van der Waals surface area contributed by atoms with Crippen LogP contribution in [0.1, 0.15) is 23.7 Å². The Morgan fingerprint density at radius 2 is 2.06 bits per heavy atom. The van der Waals surface area contributed by atoms with Crippen molar-refractivity contribution in [2.75, 3.05) is 0 Å². The number of hydrogen-bond acceptors (Lipinski definition) is 6. The van der Waals surface area contributed by atoms with E-state index in [0.717, 1.165) is 17.7 Å². The van der Waals surface area contributed by atoms with Crippen LogP contribution in [0.2, 0.25) is 10.0 Å². The molecule has 2 aromatic carbocycles. The van der Waals surface area contributed by atoms with Crippen LogP contribution in [0.25, 0.3) is 12.2 Å². The second-order valence-electron chi connectivity index (χ2n) is 7.42. The van der Waals surface area contributed by atoms with E-state index < -0.39 is 22.5 Å². The van der Waals surface area contributed by atoms with Crippen molar-refractivity contribution in [1.29, 1.82) is 0 Å². The maximum absolute atomic E-state index is 14.7. The first-order valence-electron chi connectivity index (χ1n) is 10.0. The molecule has 4 aromatic rings. The van der Waals surface area contributed by atoms with Gasteiger partial charge in [0.2, 0.25) is 0 Å². The molecule has 0 saturated heterocycles. The molecule has 0 aliphatic rings. The minimum Gasteiger partial charge on any atom is -0.382 e. The molecule has 1 N–H and O–H groups in total. The van der Waals surface area contributed by atoms with Gasteiger partial charge >= 0.3 is 0 Å². The molecule has 5 nitrogen and oxygen atoms in total. The molecule has 0 fully saturated rings. The van der Waals surface area contributed by atoms with Gasteiger partial charge in [0.15, 0.2) is 4.34 Å². The summed E-state index contributed by atoms with van der Waals surface area (Å²) < 4.78 is 30.3. The van der Waals surface area contributed by atoms with Crippen molar-refractivity contribution in [2.24, 2.45) is 0 Å². The van der Waals surface area contributed by atoms with E-state index in [1.54, 1.807) is 13.0 Å². The number of aliphatic hydroxyl groups is 1. The minimum absolute atomic E-state index is 0.0309. The van der Waals surface area contributed by atoms with Crippen LogP contribution in [-0.4, -0.2) is 30.1 Å². The van der Waals surface area contributed by atoms with Crippen molar-refractivity contribution in [3.05, 3.63) is 92.9 Å². The number of benzene rings is 2. The highest BCUT2D eigenvalue weighted by atomic mass is 35.5. The molecular weight excluding hydrogens is 521 g/mol. The Kier molecular flexibility index (Phi) is 7.69. The predicted molar refractivity (Wildman–Crippen MR) is 133 cm³/mol. The lowest BCUT2D eigenvalue weighted by Crippen LogP contribution is -2.41. The lowest BCUT2D eigenvalue weighted by atomic mass is 9.90. The number of thioether (sulfide) groups is 1. The molecule has 0 amide bonds. The van der Waals surface area contributed by atoms with Crippen LogP contribution in [0, 0.1) is 11.6 Å². The molecule has 0 radical (unpaired) electrons. The summed E-state index contributed by atoms with van der Waals surface area (Å²) in [5, 5.41) is 17.9. The fourth-order valence-corrected chi connectivity index (χ4v) is 5.85. The molecule has 34 heavy (non-hydrogen) atoms. The summed E-state index contributed by atoms with van der Waals surface area (Å²) in [7, 11) is 0. The van der Waals surface area contributed by atoms with E-state index >= 15 is 0 Å². The van der Waals surface area contributed by atoms with Gasteiger partial charge in [-0.2, -0.15) is 5.10 Å². The maximum atomic E-state index is 14.7. The first kappa shape index (κ1) is 24.8. The zero-order valence-electron chi connectivity index (χ0n) is 17.7. The van der Waals surface area contributed by atoms with Gasteiger partial charge in [0.1, 0.15) is 29.9 Å². The number of thiazole rings is 1. The fourth-order valence-electron chi connectivity index (χ4n) is 3.31. The maximum Gasteiger partial charge on any atom is 0.150 e. The molecular formula is C23H18Cl2F2N4OS2. The van der Waals surface area contributed by atoms with Crippen LogP contribution >= 0.6 is 46.3 Å². The molecule has 176 valence electrons. The van der Waals surface area contributed by atoms with E-state index in [0.29, 0.717) is 20.1 Å². The van der Waals surface area contributed by atoms with Crippen molar-refractivity contribution in [2.45, 2.75) is 28.7 Å². The summed E-state index contributed by atoms with van der Waals surface area (Å²) in [4.78, 5) is 8.46. The Morgan fingerprint density at radius 1 is 1.24 bits per heavy atom. The normalized spacial score (nSPS) is 14.4. The lowest BCUT2D eigenvalue weighted by molar-refractivity contribution is 0.0133. The van der Waals surface area contributed by atoms with Crippen LogP contribution < -0.4 is 0 Å². The highest BCUT2D eigenvalue weighted by Crippen LogP contribution is 2.40. The zero-order valence-corrected chi connectivity index (χ0v) is 20.8. The quantitative estimate of drug-likeness (QED) is 0.257. The Balaban J connectivity index is 1.57. The summed E-state index contributed by atoms with van der Waals surface area (Å²) in [6.07, 6.45) is 6.38. The van der Waals surface area contributed by atoms with Crippen LogP contribution in [-0.2, 0) is 12.1 Å². The first-order valence-corrected chi connectivity index (χ1v) is 12.5. The standard InChI is InChI=1S/C23H18Cl2F2N4OS2/c1-14(23(32,11-31-13-28-12-29-31)18-8-6-16(26)9-20(18)27)34-22-30-17(10-33-22)7-5-15-3-2-4-19(24)21(15)25/h2-10,12-14,32H,11H2,1H3/b7-5+. The molecule has 0 aliphatic heterocycles. The van der Waals surface area contributed by atoms with Crippen molar-refractivity contribution in [1.82, 2.24) is 19.7 Å². The van der Waals surface area contributed by atoms with Gasteiger partial charge in [-0.25, -0.2) is 23.4 Å². The van der Waals surface area contributed by atoms with E-state index in [-0.39, 0.29) is 12.1 Å². The number of halogens is 4. The molecule has 2 unspecified atom stereocenters. The Morgan fingerprint density at radius 3 is 2.79 bits per heavy atom. The number of nitrogens with zero attached hydrogens (tertiary/aromatic N) is 4. The first-order chi connectivity index (χ1) is 16.3. The largest absolute Gasteiger partial charge is 0.382 e. The molecule has 0 saturated carbocycles. The molecule has 0 aliphatic carbocycles. The second kappa shape index (κ2) is 10.5. The van der Waals surface area contributed by atoms with Gasteiger partial charge in [0.25, 0.3) is 0 Å². The summed E-state index contributed by atoms with van der Waals surface area (Å²) in [6.45, 7) is 1.68. The van der Waals surface area contributed by atoms with E-state index in [1.807, 2.05) is 29.7 Å². The van der Waals surface area contributed by atoms with Gasteiger partial charge < -0.3 is 5.11 Å². The highest BCUT2D eigenvalue weighted by Gasteiger charge is 2.40. The highest BCUT2D eigenvalue weighted by molar-refractivity contribution is 8.01. The molecule has 2 heterocycles. The Hall–Kier alpha value is -2.30. The third-order valence-electron chi connectivity index (χ3n) is 5.13. The van der Waals surface area contributed by atoms with Crippen molar-refractivity contribution >= 4 is 58.5 Å². The van der Waals surface area contributed by atoms with Crippen LogP contribution in [0.15, 0.2) is 58.8 Å². The molecule has 4 rings (SSSR count). The zero-order chi connectivity index (χ0) is 24.3. The average Bonchev–Trinajstić information content (AvgIpc) is 3.46. The van der Waals surface area contributed by atoms with Crippen LogP contribution in [0.3, 0.4) is 0 Å². The van der Waals surface area contributed by atoms with Crippen molar-refractivity contribution in [3.63, 3.8) is 0 Å². The molecule has 0 bridgehead atoms. The summed E-state index contributed by atoms with van der Waals surface area (Å²) in [5.74, 6) is -1.56. The van der Waals surface area contributed by atoms with Gasteiger partial charge in [-0.05, 0) is 30.7 Å². The van der Waals surface area contributed by atoms with Gasteiger partial charge in [0, 0.05) is 22.3 Å². The summed E-state index contributed by atoms with van der Waals surface area (Å²) in [5.41, 5.74) is -0.287. The number of rotatable bonds is 8. The SMILES string of the molecule is CC(Sc1nc(/C=C/c2cccc(Cl)c2Cl)cs1)C(O)(Cn1cncn1)c1ccc(F)cc1F. The van der Waals surface area contributed by atoms with Crippen LogP contribution in [0.5, 0.6) is 0 Å². The molecule has 2 atom stereocenters. The number of hydrogen-bond donors (Lipinski definition) is 1. The average molecular weight is 539 g/mol. The monoisotopic (exact) mass is 538 g/mol. The molecule has 11 heteroatoms. The van der Waals surface area contributed by atoms with Gasteiger partial charge in [-0.3, -0.25) is 0 Å². The van der Waals surface area contributed by atoms with E-state index in [1.165, 1.54) is 46.5 Å². The second-order valence-corrected chi connectivity index (χ2v) is 10.6. The van der Waals surface area contributed by atoms with E-state index in [4.69, 9.17) is 23.2 Å². The topological polar surface area (TPSA) is 63.8 Å². The Labute approximate surface area is 213 Å². The summed E-state index contributed by atoms with van der Waals surface area (Å²) >= 11 is 15.0. The summed E-state index contributed by atoms with van der Waals surface area (Å²) in [6, 6.07) is 8.49. The molecule has 0 spiro atoms. The van der Waals surface area contributed by atoms with Crippen molar-refractivity contribution < 1.29 is 13.9 Å². The number of aromatic nitrogens is 4. The smallest absolute Gasteiger partial charge is 0.150 e. The van der Waals surface area contributed by atoms with Crippen LogP contribution in [0.4, 0.5) is 8.78 Å². The van der Waals surface area contributed by atoms with Gasteiger partial charge in [-0.15, -0.1) is 11.3 Å².